The molecule has 1 aliphatic rings. The number of nitrogens with one attached hydrogen (secondary N) is 2. The van der Waals surface area contributed by atoms with Gasteiger partial charge in [0.2, 0.25) is 10.0 Å². The van der Waals surface area contributed by atoms with Gasteiger partial charge < -0.3 is 5.32 Å². The molecule has 1 atom stereocenters. The molecule has 0 amide bonds. The minimum absolute atomic E-state index is 0.263. The minimum atomic E-state index is -3.79. The van der Waals surface area contributed by atoms with Crippen LogP contribution in [-0.2, 0) is 16.6 Å². The predicted octanol–water partition coefficient (Wildman–Crippen LogP) is 2.11. The Hall–Kier alpha value is -0.630. The summed E-state index contributed by atoms with van der Waals surface area (Å²) in [7, 11) is -3.79. The lowest BCUT2D eigenvalue weighted by molar-refractivity contribution is 0.554. The lowest BCUT2D eigenvalue weighted by Crippen LogP contribution is -2.30. The molecule has 4 nitrogen and oxygen atoms in total. The Bertz CT molecular complexity index is 572. The third-order valence-corrected chi connectivity index (χ3v) is 6.23. The maximum Gasteiger partial charge on any atom is 0.243 e. The van der Waals surface area contributed by atoms with E-state index < -0.39 is 15.8 Å². The molecule has 0 aliphatic carbocycles. The van der Waals surface area contributed by atoms with Crippen molar-refractivity contribution in [2.45, 2.75) is 36.5 Å². The highest BCUT2D eigenvalue weighted by Crippen LogP contribution is 2.26. The Kier molecular flexibility index (Phi) is 6.04. The van der Waals surface area contributed by atoms with Gasteiger partial charge in [-0.15, -0.1) is 0 Å². The molecule has 1 heterocycles. The molecule has 118 valence electrons. The summed E-state index contributed by atoms with van der Waals surface area (Å²) in [6, 6.07) is 4.22. The normalized spacial score (nSPS) is 19.0. The second-order valence-corrected chi connectivity index (χ2v) is 8.18. The van der Waals surface area contributed by atoms with E-state index in [0.29, 0.717) is 18.3 Å². The Morgan fingerprint density at radius 1 is 1.43 bits per heavy atom. The number of benzene rings is 1. The molecule has 1 unspecified atom stereocenters. The van der Waals surface area contributed by atoms with Crippen LogP contribution < -0.4 is 10.0 Å². The van der Waals surface area contributed by atoms with Crippen LogP contribution in [0.25, 0.3) is 0 Å². The van der Waals surface area contributed by atoms with E-state index in [2.05, 4.69) is 10.0 Å². The van der Waals surface area contributed by atoms with Gasteiger partial charge in [-0.3, -0.25) is 0 Å². The summed E-state index contributed by atoms with van der Waals surface area (Å²) in [6.45, 7) is 3.63. The first-order valence-corrected chi connectivity index (χ1v) is 9.66. The quantitative estimate of drug-likeness (QED) is 0.803. The summed E-state index contributed by atoms with van der Waals surface area (Å²) < 4.78 is 40.9. The SMILES string of the molecule is CCNCc1ccc(F)c(S(=O)(=O)NCC2CCCS2)c1. The number of sulfonamides is 1. The molecule has 0 radical (unpaired) electrons. The zero-order chi connectivity index (χ0) is 15.3. The smallest absolute Gasteiger partial charge is 0.243 e. The van der Waals surface area contributed by atoms with Gasteiger partial charge in [0.1, 0.15) is 10.7 Å². The van der Waals surface area contributed by atoms with Crippen LogP contribution in [0.4, 0.5) is 4.39 Å². The van der Waals surface area contributed by atoms with Crippen LogP contribution in [0.15, 0.2) is 23.1 Å². The second kappa shape index (κ2) is 7.58. The van der Waals surface area contributed by atoms with Gasteiger partial charge in [0.05, 0.1) is 0 Å². The van der Waals surface area contributed by atoms with Gasteiger partial charge in [0.25, 0.3) is 0 Å². The largest absolute Gasteiger partial charge is 0.313 e. The summed E-state index contributed by atoms with van der Waals surface area (Å²) in [5.41, 5.74) is 0.758. The van der Waals surface area contributed by atoms with Gasteiger partial charge in [-0.2, -0.15) is 11.8 Å². The van der Waals surface area contributed by atoms with Gasteiger partial charge in [-0.1, -0.05) is 13.0 Å². The van der Waals surface area contributed by atoms with Gasteiger partial charge in [0, 0.05) is 18.3 Å². The number of hydrogen-bond acceptors (Lipinski definition) is 4. The lowest BCUT2D eigenvalue weighted by atomic mass is 10.2. The van der Waals surface area contributed by atoms with Crippen molar-refractivity contribution in [3.63, 3.8) is 0 Å². The number of hydrogen-bond donors (Lipinski definition) is 2. The second-order valence-electron chi connectivity index (χ2n) is 5.03. The Balaban J connectivity index is 2.09. The average molecular weight is 332 g/mol. The molecule has 2 N–H and O–H groups in total. The van der Waals surface area contributed by atoms with E-state index in [1.54, 1.807) is 17.8 Å². The highest BCUT2D eigenvalue weighted by atomic mass is 32.2. The molecule has 0 saturated carbocycles. The van der Waals surface area contributed by atoms with Crippen LogP contribution in [0.5, 0.6) is 0 Å². The van der Waals surface area contributed by atoms with Crippen molar-refractivity contribution in [3.05, 3.63) is 29.6 Å². The lowest BCUT2D eigenvalue weighted by Gasteiger charge is -2.12. The Morgan fingerprint density at radius 3 is 2.90 bits per heavy atom. The average Bonchev–Trinajstić information content (AvgIpc) is 2.97. The highest BCUT2D eigenvalue weighted by Gasteiger charge is 2.22. The van der Waals surface area contributed by atoms with Crippen molar-refractivity contribution < 1.29 is 12.8 Å². The molecule has 0 aromatic heterocycles. The molecular weight excluding hydrogens is 311 g/mol. The fourth-order valence-electron chi connectivity index (χ4n) is 2.22. The van der Waals surface area contributed by atoms with E-state index in [4.69, 9.17) is 0 Å². The third-order valence-electron chi connectivity index (χ3n) is 3.39. The van der Waals surface area contributed by atoms with Crippen LogP contribution >= 0.6 is 11.8 Å². The fraction of sp³-hybridized carbons (Fsp3) is 0.571. The Labute approximate surface area is 129 Å². The first kappa shape index (κ1) is 16.7. The van der Waals surface area contributed by atoms with Gasteiger partial charge in [-0.25, -0.2) is 17.5 Å². The summed E-state index contributed by atoms with van der Waals surface area (Å²) in [5, 5.41) is 3.40. The fourth-order valence-corrected chi connectivity index (χ4v) is 4.73. The molecular formula is C14H21FN2O2S2. The van der Waals surface area contributed by atoms with Crippen molar-refractivity contribution >= 4 is 21.8 Å². The van der Waals surface area contributed by atoms with E-state index in [9.17, 15) is 12.8 Å². The molecule has 21 heavy (non-hydrogen) atoms. The van der Waals surface area contributed by atoms with Crippen molar-refractivity contribution in [2.24, 2.45) is 0 Å². The third kappa shape index (κ3) is 4.67. The van der Waals surface area contributed by atoms with Gasteiger partial charge >= 0.3 is 0 Å². The van der Waals surface area contributed by atoms with Crippen LogP contribution in [0.2, 0.25) is 0 Å². The van der Waals surface area contributed by atoms with Crippen molar-refractivity contribution in [3.8, 4) is 0 Å². The summed E-state index contributed by atoms with van der Waals surface area (Å²) >= 11 is 1.77. The predicted molar refractivity (Wildman–Crippen MR) is 84.4 cm³/mol. The summed E-state index contributed by atoms with van der Waals surface area (Å²) in [6.07, 6.45) is 2.12. The first-order chi connectivity index (χ1) is 10.0. The molecule has 1 aromatic carbocycles. The van der Waals surface area contributed by atoms with Gasteiger partial charge in [-0.05, 0) is 42.8 Å². The van der Waals surface area contributed by atoms with Crippen LogP contribution in [0, 0.1) is 5.82 Å². The Morgan fingerprint density at radius 2 is 2.24 bits per heavy atom. The zero-order valence-corrected chi connectivity index (χ0v) is 13.7. The van der Waals surface area contributed by atoms with Gasteiger partial charge in [0.15, 0.2) is 0 Å². The summed E-state index contributed by atoms with van der Waals surface area (Å²) in [4.78, 5) is -0.263. The van der Waals surface area contributed by atoms with E-state index in [1.165, 1.54) is 12.1 Å². The molecule has 0 bridgehead atoms. The standard InChI is InChI=1S/C14H21FN2O2S2/c1-2-16-9-11-5-6-13(15)14(8-11)21(18,19)17-10-12-4-3-7-20-12/h5-6,8,12,16-17H,2-4,7,9-10H2,1H3. The molecule has 1 saturated heterocycles. The first-order valence-electron chi connectivity index (χ1n) is 7.13. The summed E-state index contributed by atoms with van der Waals surface area (Å²) in [5.74, 6) is 0.362. The van der Waals surface area contributed by atoms with Crippen molar-refractivity contribution in [1.29, 1.82) is 0 Å². The topological polar surface area (TPSA) is 58.2 Å². The zero-order valence-electron chi connectivity index (χ0n) is 12.1. The molecule has 7 heteroatoms. The molecule has 2 rings (SSSR count). The maximum absolute atomic E-state index is 13.8. The molecule has 0 spiro atoms. The van der Waals surface area contributed by atoms with Crippen LogP contribution in [-0.4, -0.2) is 32.5 Å². The number of rotatable bonds is 7. The van der Waals surface area contributed by atoms with Crippen LogP contribution in [0.1, 0.15) is 25.3 Å². The van der Waals surface area contributed by atoms with E-state index in [1.807, 2.05) is 6.92 Å². The number of halogens is 1. The van der Waals surface area contributed by atoms with E-state index >= 15 is 0 Å². The minimum Gasteiger partial charge on any atom is -0.313 e. The maximum atomic E-state index is 13.8. The highest BCUT2D eigenvalue weighted by molar-refractivity contribution is 8.00. The van der Waals surface area contributed by atoms with E-state index in [0.717, 1.165) is 30.7 Å². The molecule has 1 fully saturated rings. The van der Waals surface area contributed by atoms with Crippen LogP contribution in [0.3, 0.4) is 0 Å². The monoisotopic (exact) mass is 332 g/mol. The van der Waals surface area contributed by atoms with Crippen molar-refractivity contribution in [2.75, 3.05) is 18.8 Å². The molecule has 1 aromatic rings. The van der Waals surface area contributed by atoms with Crippen molar-refractivity contribution in [1.82, 2.24) is 10.0 Å². The molecule has 1 aliphatic heterocycles. The van der Waals surface area contributed by atoms with E-state index in [-0.39, 0.29) is 4.90 Å². The number of thioether (sulfide) groups is 1.